The van der Waals surface area contributed by atoms with Gasteiger partial charge in [-0.2, -0.15) is 0 Å². The van der Waals surface area contributed by atoms with Gasteiger partial charge in [-0.25, -0.2) is 4.98 Å². The molecule has 0 saturated carbocycles. The van der Waals surface area contributed by atoms with Gasteiger partial charge in [0.25, 0.3) is 0 Å². The second-order valence-electron chi connectivity index (χ2n) is 2.50. The predicted molar refractivity (Wildman–Crippen MR) is 59.3 cm³/mol. The van der Waals surface area contributed by atoms with Crippen LogP contribution in [-0.2, 0) is 0 Å². The second kappa shape index (κ2) is 3.77. The van der Waals surface area contributed by atoms with E-state index in [4.69, 9.17) is 0 Å². The largest absolute Gasteiger partial charge is 0.243 e. The van der Waals surface area contributed by atoms with Crippen LogP contribution in [0.4, 0.5) is 0 Å². The summed E-state index contributed by atoms with van der Waals surface area (Å²) in [6.45, 7) is 0. The Balaban J connectivity index is 2.41. The molecule has 13 heavy (non-hydrogen) atoms. The molecule has 0 aliphatic rings. The molecule has 1 nitrogen and oxygen atoms in total. The number of hydrogen-bond acceptors (Lipinski definition) is 3. The third-order valence-electron chi connectivity index (χ3n) is 1.65. The quantitative estimate of drug-likeness (QED) is 0.697. The summed E-state index contributed by atoms with van der Waals surface area (Å²) in [5.74, 6) is 0. The Morgan fingerprint density at radius 1 is 1.23 bits per heavy atom. The van der Waals surface area contributed by atoms with E-state index in [1.165, 1.54) is 5.56 Å². The van der Waals surface area contributed by atoms with Crippen LogP contribution < -0.4 is 0 Å². The van der Waals surface area contributed by atoms with E-state index in [2.05, 4.69) is 34.7 Å². The van der Waals surface area contributed by atoms with Gasteiger partial charge in [-0.15, -0.1) is 11.3 Å². The van der Waals surface area contributed by atoms with Gasteiger partial charge in [0.05, 0.1) is 10.2 Å². The highest BCUT2D eigenvalue weighted by Gasteiger charge is 2.00. The number of nitrogens with zero attached hydrogens (tertiary/aromatic N) is 1. The Kier molecular flexibility index (Phi) is 2.47. The van der Waals surface area contributed by atoms with Crippen molar-refractivity contribution in [3.8, 4) is 10.4 Å². The van der Waals surface area contributed by atoms with E-state index in [9.17, 15) is 0 Å². The van der Waals surface area contributed by atoms with Gasteiger partial charge in [-0.1, -0.05) is 42.5 Å². The summed E-state index contributed by atoms with van der Waals surface area (Å²) in [6.07, 6.45) is 1.83. The maximum absolute atomic E-state index is 4.68. The van der Waals surface area contributed by atoms with Gasteiger partial charge in [-0.05, 0) is 5.56 Å². The molecule has 1 aromatic heterocycles. The first kappa shape index (κ1) is 8.53. The zero-order valence-electron chi connectivity index (χ0n) is 6.73. The first-order chi connectivity index (χ1) is 6.40. The van der Waals surface area contributed by atoms with E-state index in [0.717, 1.165) is 9.88 Å². The number of thiocarbonyl (C=S) groups is 1. The van der Waals surface area contributed by atoms with Crippen LogP contribution >= 0.6 is 23.6 Å². The van der Waals surface area contributed by atoms with Crippen molar-refractivity contribution in [2.45, 2.75) is 0 Å². The van der Waals surface area contributed by atoms with Gasteiger partial charge in [0.2, 0.25) is 0 Å². The molecule has 2 aromatic rings. The van der Waals surface area contributed by atoms with Crippen molar-refractivity contribution in [3.63, 3.8) is 0 Å². The molecule has 0 aliphatic heterocycles. The van der Waals surface area contributed by atoms with E-state index in [1.807, 2.05) is 24.4 Å². The van der Waals surface area contributed by atoms with E-state index in [1.54, 1.807) is 11.3 Å². The van der Waals surface area contributed by atoms with Crippen molar-refractivity contribution in [1.82, 2.24) is 4.98 Å². The summed E-state index contributed by atoms with van der Waals surface area (Å²) in [6, 6.07) is 10.1. The molecule has 3 heteroatoms. The zero-order chi connectivity index (χ0) is 9.10. The maximum Gasteiger partial charge on any atom is 0.136 e. The highest BCUT2D eigenvalue weighted by Crippen LogP contribution is 2.24. The second-order valence-corrected chi connectivity index (χ2v) is 3.73. The predicted octanol–water partition coefficient (Wildman–Crippen LogP) is 3.03. The fraction of sp³-hybridized carbons (Fsp3) is 0. The van der Waals surface area contributed by atoms with Crippen molar-refractivity contribution in [2.24, 2.45) is 0 Å². The summed E-state index contributed by atoms with van der Waals surface area (Å²) < 4.78 is 0. The zero-order valence-corrected chi connectivity index (χ0v) is 8.36. The molecule has 63 valence electrons. The highest BCUT2D eigenvalue weighted by atomic mass is 32.1. The lowest BCUT2D eigenvalue weighted by Crippen LogP contribution is -1.68. The highest BCUT2D eigenvalue weighted by molar-refractivity contribution is 7.79. The molecule has 1 radical (unpaired) electrons. The SMILES string of the molecule is S=[C]c1ncc(-c2ccccc2)s1. The Morgan fingerprint density at radius 3 is 2.62 bits per heavy atom. The number of rotatable bonds is 2. The van der Waals surface area contributed by atoms with Gasteiger partial charge < -0.3 is 0 Å². The molecule has 1 heterocycles. The minimum atomic E-state index is 0.772. The normalized spacial score (nSPS) is 9.85. The molecule has 0 unspecified atom stereocenters. The summed E-state index contributed by atoms with van der Waals surface area (Å²) in [7, 11) is 0. The van der Waals surface area contributed by atoms with Gasteiger partial charge in [0.1, 0.15) is 5.01 Å². The fourth-order valence-corrected chi connectivity index (χ4v) is 1.95. The van der Waals surface area contributed by atoms with Crippen LogP contribution in [0, 0.1) is 0 Å². The molecular weight excluding hydrogens is 198 g/mol. The Morgan fingerprint density at radius 2 is 2.00 bits per heavy atom. The minimum absolute atomic E-state index is 0.772. The lowest BCUT2D eigenvalue weighted by atomic mass is 10.2. The van der Waals surface area contributed by atoms with Gasteiger partial charge in [-0.3, -0.25) is 0 Å². The third kappa shape index (κ3) is 1.82. The summed E-state index contributed by atoms with van der Waals surface area (Å²) in [4.78, 5) is 5.25. The fourth-order valence-electron chi connectivity index (χ4n) is 1.06. The molecular formula is C10H6NS2. The maximum atomic E-state index is 4.68. The van der Waals surface area contributed by atoms with E-state index in [0.29, 0.717) is 0 Å². The van der Waals surface area contributed by atoms with Gasteiger partial charge in [0.15, 0.2) is 0 Å². The molecule has 0 bridgehead atoms. The Labute approximate surface area is 86.1 Å². The van der Waals surface area contributed by atoms with Gasteiger partial charge >= 0.3 is 0 Å². The summed E-state index contributed by atoms with van der Waals surface area (Å²) >= 11 is 6.24. The first-order valence-electron chi connectivity index (χ1n) is 3.79. The van der Waals surface area contributed by atoms with E-state index in [-0.39, 0.29) is 0 Å². The van der Waals surface area contributed by atoms with Crippen LogP contribution in [0.25, 0.3) is 10.4 Å². The Bertz CT molecular complexity index is 406. The summed E-state index contributed by atoms with van der Waals surface area (Å²) in [5.41, 5.74) is 1.18. The molecule has 2 rings (SSSR count). The monoisotopic (exact) mass is 204 g/mol. The van der Waals surface area contributed by atoms with E-state index < -0.39 is 0 Å². The summed E-state index contributed by atoms with van der Waals surface area (Å²) in [5, 5.41) is 3.38. The van der Waals surface area contributed by atoms with Crippen molar-refractivity contribution >= 4 is 28.9 Å². The molecule has 0 fully saturated rings. The smallest absolute Gasteiger partial charge is 0.136 e. The van der Waals surface area contributed by atoms with Crippen LogP contribution in [0.3, 0.4) is 0 Å². The van der Waals surface area contributed by atoms with Gasteiger partial charge in [0, 0.05) is 6.20 Å². The average Bonchev–Trinajstić information content (AvgIpc) is 2.67. The van der Waals surface area contributed by atoms with Crippen molar-refractivity contribution in [3.05, 3.63) is 41.5 Å². The number of thiazole rings is 1. The number of benzene rings is 1. The number of hydrogen-bond donors (Lipinski definition) is 0. The number of aromatic nitrogens is 1. The van der Waals surface area contributed by atoms with Crippen LogP contribution in [0.5, 0.6) is 0 Å². The molecule has 0 N–H and O–H groups in total. The first-order valence-corrected chi connectivity index (χ1v) is 5.02. The third-order valence-corrected chi connectivity index (χ3v) is 2.94. The van der Waals surface area contributed by atoms with Crippen LogP contribution in [0.2, 0.25) is 0 Å². The lowest BCUT2D eigenvalue weighted by molar-refractivity contribution is 1.41. The van der Waals surface area contributed by atoms with Crippen LogP contribution in [0.15, 0.2) is 36.5 Å². The molecule has 0 aliphatic carbocycles. The molecule has 0 spiro atoms. The van der Waals surface area contributed by atoms with E-state index >= 15 is 0 Å². The molecule has 0 amide bonds. The average molecular weight is 204 g/mol. The standard InChI is InChI=1S/C10H6NS2/c12-7-10-11-6-9(13-10)8-4-2-1-3-5-8/h1-6H. The van der Waals surface area contributed by atoms with Crippen molar-refractivity contribution < 1.29 is 0 Å². The molecule has 1 aromatic carbocycles. The topological polar surface area (TPSA) is 12.9 Å². The van der Waals surface area contributed by atoms with Crippen LogP contribution in [-0.4, -0.2) is 10.4 Å². The molecule has 0 atom stereocenters. The molecule has 0 saturated heterocycles. The van der Waals surface area contributed by atoms with Crippen molar-refractivity contribution in [1.29, 1.82) is 0 Å². The minimum Gasteiger partial charge on any atom is -0.243 e. The Hall–Kier alpha value is -1.06. The van der Waals surface area contributed by atoms with Crippen LogP contribution in [0.1, 0.15) is 5.01 Å². The van der Waals surface area contributed by atoms with Crippen molar-refractivity contribution in [2.75, 3.05) is 0 Å². The lowest BCUT2D eigenvalue weighted by Gasteiger charge is -1.92.